The van der Waals surface area contributed by atoms with E-state index in [9.17, 15) is 9.59 Å². The fourth-order valence-corrected chi connectivity index (χ4v) is 1.93. The van der Waals surface area contributed by atoms with Gasteiger partial charge in [0.1, 0.15) is 0 Å². The van der Waals surface area contributed by atoms with Crippen molar-refractivity contribution in [1.29, 1.82) is 0 Å². The molecule has 0 aromatic carbocycles. The molecule has 0 spiro atoms. The Kier molecular flexibility index (Phi) is 3.93. The largest absolute Gasteiger partial charge is 0.481 e. The molecule has 112 valence electrons. The van der Waals surface area contributed by atoms with Crippen molar-refractivity contribution in [2.45, 2.75) is 39.2 Å². The Hall–Kier alpha value is -2.44. The smallest absolute Gasteiger partial charge is 0.303 e. The van der Waals surface area contributed by atoms with Gasteiger partial charge < -0.3 is 14.9 Å². The molecule has 2 aromatic heterocycles. The number of pyridine rings is 1. The summed E-state index contributed by atoms with van der Waals surface area (Å²) in [6.45, 7) is 5.33. The van der Waals surface area contributed by atoms with E-state index in [2.05, 4.69) is 15.5 Å². The highest BCUT2D eigenvalue weighted by Crippen LogP contribution is 2.18. The van der Waals surface area contributed by atoms with Crippen LogP contribution in [-0.4, -0.2) is 32.7 Å². The summed E-state index contributed by atoms with van der Waals surface area (Å²) in [6, 6.07) is 1.66. The molecule has 21 heavy (non-hydrogen) atoms. The number of aliphatic carboxylic acids is 1. The number of amides is 1. The fraction of sp³-hybridized carbons (Fsp3) is 0.429. The summed E-state index contributed by atoms with van der Waals surface area (Å²) >= 11 is 0. The molecule has 0 aliphatic carbocycles. The number of carbonyl (C=O) groups excluding carboxylic acids is 1. The SMILES string of the molecule is Cc1noc2ncc(C(=O)NC(C)(C)CCC(=O)O)cc12. The number of carboxylic acids is 1. The van der Waals surface area contributed by atoms with Crippen molar-refractivity contribution in [3.05, 3.63) is 23.5 Å². The first-order valence-electron chi connectivity index (χ1n) is 6.55. The number of hydrogen-bond donors (Lipinski definition) is 2. The summed E-state index contributed by atoms with van der Waals surface area (Å²) in [4.78, 5) is 26.9. The lowest BCUT2D eigenvalue weighted by atomic mass is 9.98. The number of aryl methyl sites for hydroxylation is 1. The molecule has 0 bridgehead atoms. The molecule has 2 aromatic rings. The quantitative estimate of drug-likeness (QED) is 0.871. The molecule has 1 amide bonds. The van der Waals surface area contributed by atoms with Gasteiger partial charge in [0.05, 0.1) is 16.6 Å². The lowest BCUT2D eigenvalue weighted by molar-refractivity contribution is -0.137. The minimum atomic E-state index is -0.888. The highest BCUT2D eigenvalue weighted by atomic mass is 16.5. The van der Waals surface area contributed by atoms with E-state index < -0.39 is 11.5 Å². The average molecular weight is 291 g/mol. The second-order valence-electron chi connectivity index (χ2n) is 5.58. The lowest BCUT2D eigenvalue weighted by Crippen LogP contribution is -2.43. The van der Waals surface area contributed by atoms with E-state index in [4.69, 9.17) is 9.63 Å². The number of carboxylic acid groups (broad SMARTS) is 1. The molecule has 0 saturated heterocycles. The van der Waals surface area contributed by atoms with Gasteiger partial charge in [-0.05, 0) is 33.3 Å². The van der Waals surface area contributed by atoms with E-state index in [1.807, 2.05) is 0 Å². The van der Waals surface area contributed by atoms with Gasteiger partial charge in [-0.2, -0.15) is 0 Å². The highest BCUT2D eigenvalue weighted by molar-refractivity contribution is 5.97. The van der Waals surface area contributed by atoms with Crippen LogP contribution in [0.25, 0.3) is 11.1 Å². The van der Waals surface area contributed by atoms with Crippen molar-refractivity contribution >= 4 is 23.0 Å². The zero-order valence-corrected chi connectivity index (χ0v) is 12.1. The number of aromatic nitrogens is 2. The Labute approximate surface area is 121 Å². The van der Waals surface area contributed by atoms with Gasteiger partial charge in [0.25, 0.3) is 11.6 Å². The molecule has 0 unspecified atom stereocenters. The third-order valence-corrected chi connectivity index (χ3v) is 3.19. The first-order chi connectivity index (χ1) is 9.78. The third-order valence-electron chi connectivity index (χ3n) is 3.19. The maximum absolute atomic E-state index is 12.2. The van der Waals surface area contributed by atoms with Crippen molar-refractivity contribution in [2.75, 3.05) is 0 Å². The number of carbonyl (C=O) groups is 2. The van der Waals surface area contributed by atoms with Gasteiger partial charge in [0, 0.05) is 18.2 Å². The van der Waals surface area contributed by atoms with Crippen LogP contribution in [0.5, 0.6) is 0 Å². The topological polar surface area (TPSA) is 105 Å². The Morgan fingerprint density at radius 2 is 2.14 bits per heavy atom. The van der Waals surface area contributed by atoms with Crippen LogP contribution in [0.15, 0.2) is 16.8 Å². The maximum atomic E-state index is 12.2. The Morgan fingerprint density at radius 3 is 2.81 bits per heavy atom. The monoisotopic (exact) mass is 291 g/mol. The van der Waals surface area contributed by atoms with Gasteiger partial charge >= 0.3 is 5.97 Å². The summed E-state index contributed by atoms with van der Waals surface area (Å²) in [5, 5.41) is 16.0. The molecule has 0 saturated carbocycles. The highest BCUT2D eigenvalue weighted by Gasteiger charge is 2.23. The minimum absolute atomic E-state index is 0.00464. The molecule has 0 aliphatic heterocycles. The van der Waals surface area contributed by atoms with Crippen molar-refractivity contribution in [2.24, 2.45) is 0 Å². The second kappa shape index (κ2) is 5.51. The van der Waals surface area contributed by atoms with Gasteiger partial charge in [-0.15, -0.1) is 0 Å². The fourth-order valence-electron chi connectivity index (χ4n) is 1.93. The molecule has 2 rings (SSSR count). The molecular weight excluding hydrogens is 274 g/mol. The number of nitrogens with zero attached hydrogens (tertiary/aromatic N) is 2. The summed E-state index contributed by atoms with van der Waals surface area (Å²) < 4.78 is 4.99. The van der Waals surface area contributed by atoms with E-state index >= 15 is 0 Å². The van der Waals surface area contributed by atoms with E-state index in [0.29, 0.717) is 28.8 Å². The minimum Gasteiger partial charge on any atom is -0.481 e. The van der Waals surface area contributed by atoms with Gasteiger partial charge in [-0.25, -0.2) is 4.98 Å². The normalized spacial score (nSPS) is 11.6. The van der Waals surface area contributed by atoms with Crippen LogP contribution in [0.3, 0.4) is 0 Å². The molecule has 0 atom stereocenters. The van der Waals surface area contributed by atoms with Crippen LogP contribution >= 0.6 is 0 Å². The van der Waals surface area contributed by atoms with Crippen molar-refractivity contribution in [3.63, 3.8) is 0 Å². The third kappa shape index (κ3) is 3.56. The van der Waals surface area contributed by atoms with E-state index in [0.717, 1.165) is 0 Å². The van der Waals surface area contributed by atoms with Crippen LogP contribution in [0.1, 0.15) is 42.7 Å². The Bertz CT molecular complexity index is 691. The van der Waals surface area contributed by atoms with E-state index in [-0.39, 0.29) is 12.3 Å². The van der Waals surface area contributed by atoms with Gasteiger partial charge in [-0.3, -0.25) is 9.59 Å². The van der Waals surface area contributed by atoms with Crippen LogP contribution < -0.4 is 5.32 Å². The van der Waals surface area contributed by atoms with Crippen molar-refractivity contribution < 1.29 is 19.2 Å². The first-order valence-corrected chi connectivity index (χ1v) is 6.55. The van der Waals surface area contributed by atoms with Crippen molar-refractivity contribution in [1.82, 2.24) is 15.5 Å². The van der Waals surface area contributed by atoms with Gasteiger partial charge in [0.15, 0.2) is 0 Å². The number of nitrogens with one attached hydrogen (secondary N) is 1. The summed E-state index contributed by atoms with van der Waals surface area (Å²) in [5.41, 5.74) is 0.817. The second-order valence-corrected chi connectivity index (χ2v) is 5.58. The molecule has 2 N–H and O–H groups in total. The maximum Gasteiger partial charge on any atom is 0.303 e. The van der Waals surface area contributed by atoms with E-state index in [1.165, 1.54) is 6.20 Å². The molecule has 7 nitrogen and oxygen atoms in total. The predicted molar refractivity (Wildman–Crippen MR) is 75.0 cm³/mol. The predicted octanol–water partition coefficient (Wildman–Crippen LogP) is 1.90. The molecule has 0 fully saturated rings. The Morgan fingerprint density at radius 1 is 1.43 bits per heavy atom. The summed E-state index contributed by atoms with van der Waals surface area (Å²) in [5.74, 6) is -1.19. The number of rotatable bonds is 5. The average Bonchev–Trinajstić information content (AvgIpc) is 2.77. The standard InChI is InChI=1S/C14H17N3O4/c1-8-10-6-9(7-15-13(10)21-17-8)12(20)16-14(2,3)5-4-11(18)19/h6-7H,4-5H2,1-3H3,(H,16,20)(H,18,19). The van der Waals surface area contributed by atoms with Crippen LogP contribution in [0, 0.1) is 6.92 Å². The molecule has 7 heteroatoms. The van der Waals surface area contributed by atoms with Crippen molar-refractivity contribution in [3.8, 4) is 0 Å². The van der Waals surface area contributed by atoms with Crippen LogP contribution in [0.4, 0.5) is 0 Å². The van der Waals surface area contributed by atoms with Gasteiger partial charge in [-0.1, -0.05) is 5.16 Å². The van der Waals surface area contributed by atoms with Crippen LogP contribution in [0.2, 0.25) is 0 Å². The molecule has 0 radical (unpaired) electrons. The molecule has 2 heterocycles. The zero-order chi connectivity index (χ0) is 15.6. The van der Waals surface area contributed by atoms with E-state index in [1.54, 1.807) is 26.8 Å². The lowest BCUT2D eigenvalue weighted by Gasteiger charge is -2.25. The first kappa shape index (κ1) is 15.0. The summed E-state index contributed by atoms with van der Waals surface area (Å²) in [7, 11) is 0. The molecular formula is C14H17N3O4. The van der Waals surface area contributed by atoms with Crippen LogP contribution in [-0.2, 0) is 4.79 Å². The Balaban J connectivity index is 2.14. The summed E-state index contributed by atoms with van der Waals surface area (Å²) in [6.07, 6.45) is 1.75. The zero-order valence-electron chi connectivity index (χ0n) is 12.1. The van der Waals surface area contributed by atoms with Gasteiger partial charge in [0.2, 0.25) is 0 Å². The number of hydrogen-bond acceptors (Lipinski definition) is 5. The number of fused-ring (bicyclic) bond motifs is 1. The molecule has 0 aliphatic rings.